The summed E-state index contributed by atoms with van der Waals surface area (Å²) in [7, 11) is -3.54. The van der Waals surface area contributed by atoms with Gasteiger partial charge in [-0.15, -0.1) is 0 Å². The van der Waals surface area contributed by atoms with Crippen molar-refractivity contribution in [1.82, 2.24) is 14.6 Å². The highest BCUT2D eigenvalue weighted by Crippen LogP contribution is 2.24. The summed E-state index contributed by atoms with van der Waals surface area (Å²) in [6.07, 6.45) is 2.41. The number of benzene rings is 2. The van der Waals surface area contributed by atoms with Crippen LogP contribution in [0.5, 0.6) is 0 Å². The number of pyridine rings is 1. The van der Waals surface area contributed by atoms with Crippen molar-refractivity contribution in [3.63, 3.8) is 0 Å². The second-order valence-electron chi connectivity index (χ2n) is 6.93. The van der Waals surface area contributed by atoms with E-state index in [4.69, 9.17) is 0 Å². The number of rotatable bonds is 6. The summed E-state index contributed by atoms with van der Waals surface area (Å²) >= 11 is 0. The second-order valence-corrected chi connectivity index (χ2v) is 8.87. The molecule has 0 bridgehead atoms. The van der Waals surface area contributed by atoms with E-state index in [1.807, 2.05) is 42.5 Å². The molecule has 0 radical (unpaired) electrons. The first kappa shape index (κ1) is 18.8. The van der Waals surface area contributed by atoms with Gasteiger partial charge in [-0.1, -0.05) is 48.5 Å². The molecule has 3 aromatic rings. The van der Waals surface area contributed by atoms with Gasteiger partial charge in [0.05, 0.1) is 17.1 Å². The third-order valence-electron chi connectivity index (χ3n) is 4.98. The predicted octanol–water partition coefficient (Wildman–Crippen LogP) is 3.12. The molecule has 144 valence electrons. The fourth-order valence-corrected chi connectivity index (χ4v) is 4.92. The molecule has 0 atom stereocenters. The summed E-state index contributed by atoms with van der Waals surface area (Å²) in [5.41, 5.74) is 4.13. The van der Waals surface area contributed by atoms with E-state index in [1.54, 1.807) is 18.3 Å². The molecule has 2 heterocycles. The number of hydrogen-bond acceptors (Lipinski definition) is 4. The van der Waals surface area contributed by atoms with Gasteiger partial charge in [-0.2, -0.15) is 4.31 Å². The molecule has 1 aliphatic rings. The fourth-order valence-electron chi connectivity index (χ4n) is 3.45. The van der Waals surface area contributed by atoms with Gasteiger partial charge < -0.3 is 5.32 Å². The molecule has 1 N–H and O–H groups in total. The molecule has 1 aliphatic heterocycles. The van der Waals surface area contributed by atoms with Gasteiger partial charge in [0.15, 0.2) is 0 Å². The highest BCUT2D eigenvalue weighted by atomic mass is 32.2. The summed E-state index contributed by atoms with van der Waals surface area (Å²) in [5.74, 6) is 0. The SMILES string of the molecule is O=S(=O)(c1cccc(CNCc2ccccc2)c1)N1CCc2cccnc2C1. The molecular formula is C22H23N3O2S. The van der Waals surface area contributed by atoms with Crippen molar-refractivity contribution < 1.29 is 8.42 Å². The Bertz CT molecular complexity index is 1050. The van der Waals surface area contributed by atoms with Crippen molar-refractivity contribution in [1.29, 1.82) is 0 Å². The van der Waals surface area contributed by atoms with Crippen LogP contribution in [0.25, 0.3) is 0 Å². The summed E-state index contributed by atoms with van der Waals surface area (Å²) in [6.45, 7) is 2.17. The summed E-state index contributed by atoms with van der Waals surface area (Å²) < 4.78 is 27.8. The minimum Gasteiger partial charge on any atom is -0.309 e. The number of nitrogens with one attached hydrogen (secondary N) is 1. The normalized spacial score (nSPS) is 14.6. The Hall–Kier alpha value is -2.54. The van der Waals surface area contributed by atoms with Gasteiger partial charge in [-0.25, -0.2) is 8.42 Å². The average Bonchev–Trinajstić information content (AvgIpc) is 2.74. The first-order chi connectivity index (χ1) is 13.6. The molecule has 0 amide bonds. The minimum atomic E-state index is -3.54. The van der Waals surface area contributed by atoms with E-state index in [-0.39, 0.29) is 0 Å². The molecule has 5 nitrogen and oxygen atoms in total. The van der Waals surface area contributed by atoms with E-state index in [1.165, 1.54) is 9.87 Å². The molecule has 4 rings (SSSR count). The topological polar surface area (TPSA) is 62.3 Å². The maximum atomic E-state index is 13.1. The first-order valence-corrected chi connectivity index (χ1v) is 10.8. The van der Waals surface area contributed by atoms with Crippen LogP contribution in [0.2, 0.25) is 0 Å². The summed E-state index contributed by atoms with van der Waals surface area (Å²) in [5, 5.41) is 3.37. The largest absolute Gasteiger partial charge is 0.309 e. The quantitative estimate of drug-likeness (QED) is 0.699. The number of sulfonamides is 1. The Morgan fingerprint density at radius 1 is 0.929 bits per heavy atom. The van der Waals surface area contributed by atoms with Gasteiger partial charge >= 0.3 is 0 Å². The lowest BCUT2D eigenvalue weighted by Crippen LogP contribution is -2.36. The van der Waals surface area contributed by atoms with Crippen LogP contribution in [0.4, 0.5) is 0 Å². The molecule has 0 spiro atoms. The molecular weight excluding hydrogens is 370 g/mol. The average molecular weight is 394 g/mol. The molecule has 1 aromatic heterocycles. The third-order valence-corrected chi connectivity index (χ3v) is 6.82. The van der Waals surface area contributed by atoms with Gasteiger partial charge in [0.2, 0.25) is 10.0 Å². The molecule has 28 heavy (non-hydrogen) atoms. The van der Waals surface area contributed by atoms with Gasteiger partial charge in [0.1, 0.15) is 0 Å². The Balaban J connectivity index is 1.46. The van der Waals surface area contributed by atoms with Crippen LogP contribution < -0.4 is 5.32 Å². The van der Waals surface area contributed by atoms with Crippen molar-refractivity contribution in [3.8, 4) is 0 Å². The zero-order chi connectivity index (χ0) is 19.4. The first-order valence-electron chi connectivity index (χ1n) is 9.39. The summed E-state index contributed by atoms with van der Waals surface area (Å²) in [6, 6.07) is 21.3. The molecule has 2 aromatic carbocycles. The standard InChI is InChI=1S/C22H23N3O2S/c26-28(27,25-13-11-20-9-5-12-24-22(20)17-25)21-10-4-8-19(14-21)16-23-15-18-6-2-1-3-7-18/h1-10,12,14,23H,11,13,15-17H2. The van der Waals surface area contributed by atoms with Crippen LogP contribution in [0.15, 0.2) is 77.8 Å². The van der Waals surface area contributed by atoms with Gasteiger partial charge in [-0.3, -0.25) is 4.98 Å². The van der Waals surface area contributed by atoms with Gasteiger partial charge in [-0.05, 0) is 41.3 Å². The fraction of sp³-hybridized carbons (Fsp3) is 0.227. The van der Waals surface area contributed by atoms with E-state index < -0.39 is 10.0 Å². The predicted molar refractivity (Wildman–Crippen MR) is 109 cm³/mol. The van der Waals surface area contributed by atoms with Crippen molar-refractivity contribution in [3.05, 3.63) is 95.3 Å². The molecule has 0 fully saturated rings. The Kier molecular flexibility index (Phi) is 5.52. The summed E-state index contributed by atoms with van der Waals surface area (Å²) in [4.78, 5) is 4.69. The molecule has 0 unspecified atom stereocenters. The van der Waals surface area contributed by atoms with E-state index >= 15 is 0 Å². The number of nitrogens with zero attached hydrogens (tertiary/aromatic N) is 2. The van der Waals surface area contributed by atoms with Crippen LogP contribution in [0, 0.1) is 0 Å². The lowest BCUT2D eigenvalue weighted by atomic mass is 10.1. The van der Waals surface area contributed by atoms with E-state index in [9.17, 15) is 8.42 Å². The van der Waals surface area contributed by atoms with E-state index in [0.717, 1.165) is 23.4 Å². The maximum Gasteiger partial charge on any atom is 0.243 e. The van der Waals surface area contributed by atoms with Gasteiger partial charge in [0, 0.05) is 25.8 Å². The Labute approximate surface area is 166 Å². The number of fused-ring (bicyclic) bond motifs is 1. The van der Waals surface area contributed by atoms with Crippen LogP contribution in [-0.2, 0) is 36.1 Å². The van der Waals surface area contributed by atoms with Crippen molar-refractivity contribution in [2.75, 3.05) is 6.54 Å². The third kappa shape index (κ3) is 4.14. The van der Waals surface area contributed by atoms with Crippen molar-refractivity contribution >= 4 is 10.0 Å². The molecule has 6 heteroatoms. The zero-order valence-electron chi connectivity index (χ0n) is 15.6. The minimum absolute atomic E-state index is 0.328. The lowest BCUT2D eigenvalue weighted by Gasteiger charge is -2.27. The Morgan fingerprint density at radius 2 is 1.71 bits per heavy atom. The van der Waals surface area contributed by atoms with Crippen molar-refractivity contribution in [2.45, 2.75) is 31.0 Å². The van der Waals surface area contributed by atoms with Crippen LogP contribution >= 0.6 is 0 Å². The lowest BCUT2D eigenvalue weighted by molar-refractivity contribution is 0.385. The Morgan fingerprint density at radius 3 is 2.57 bits per heavy atom. The number of aromatic nitrogens is 1. The van der Waals surface area contributed by atoms with Crippen LogP contribution in [0.3, 0.4) is 0 Å². The number of hydrogen-bond donors (Lipinski definition) is 1. The molecule has 0 saturated carbocycles. The maximum absolute atomic E-state index is 13.1. The second kappa shape index (κ2) is 8.22. The van der Waals surface area contributed by atoms with Crippen molar-refractivity contribution in [2.24, 2.45) is 0 Å². The van der Waals surface area contributed by atoms with Crippen LogP contribution in [0.1, 0.15) is 22.4 Å². The van der Waals surface area contributed by atoms with E-state index in [2.05, 4.69) is 22.4 Å². The smallest absolute Gasteiger partial charge is 0.243 e. The van der Waals surface area contributed by atoms with E-state index in [0.29, 0.717) is 31.0 Å². The zero-order valence-corrected chi connectivity index (χ0v) is 16.4. The molecule has 0 aliphatic carbocycles. The highest BCUT2D eigenvalue weighted by molar-refractivity contribution is 7.89. The molecule has 0 saturated heterocycles. The highest BCUT2D eigenvalue weighted by Gasteiger charge is 2.28. The van der Waals surface area contributed by atoms with Gasteiger partial charge in [0.25, 0.3) is 0 Å². The monoisotopic (exact) mass is 393 g/mol. The van der Waals surface area contributed by atoms with Crippen LogP contribution in [-0.4, -0.2) is 24.3 Å².